The monoisotopic (exact) mass is 325 g/mol. The molecular weight excluding hydrogens is 298 g/mol. The maximum absolute atomic E-state index is 12.2. The first-order chi connectivity index (χ1) is 11.5. The maximum Gasteiger partial charge on any atom is 0.260 e. The third kappa shape index (κ3) is 5.41. The van der Waals surface area contributed by atoms with Gasteiger partial charge in [-0.3, -0.25) is 4.79 Å². The van der Waals surface area contributed by atoms with Gasteiger partial charge >= 0.3 is 0 Å². The minimum atomic E-state index is -0.495. The zero-order valence-electron chi connectivity index (χ0n) is 15.1. The molecule has 1 amide bonds. The van der Waals surface area contributed by atoms with E-state index in [-0.39, 0.29) is 5.91 Å². The lowest BCUT2D eigenvalue weighted by Crippen LogP contribution is -2.37. The third-order valence-corrected chi connectivity index (χ3v) is 4.08. The second-order valence-corrected chi connectivity index (χ2v) is 6.41. The number of carbonyl (C=O) groups excluding carboxylic acids is 1. The normalized spacial score (nSPS) is 11.8. The van der Waals surface area contributed by atoms with E-state index in [1.165, 1.54) is 11.1 Å². The van der Waals surface area contributed by atoms with Crippen LogP contribution in [0.15, 0.2) is 42.5 Å². The Kier molecular flexibility index (Phi) is 6.42. The van der Waals surface area contributed by atoms with Crippen molar-refractivity contribution >= 4 is 5.91 Å². The highest BCUT2D eigenvalue weighted by Crippen LogP contribution is 2.20. The predicted octanol–water partition coefficient (Wildman–Crippen LogP) is 4.13. The maximum atomic E-state index is 12.2. The Morgan fingerprint density at radius 3 is 2.42 bits per heavy atom. The van der Waals surface area contributed by atoms with Crippen LogP contribution in [0.3, 0.4) is 0 Å². The van der Waals surface area contributed by atoms with Crippen LogP contribution in [0.5, 0.6) is 5.75 Å². The van der Waals surface area contributed by atoms with Crippen LogP contribution in [0, 0.1) is 20.8 Å². The smallest absolute Gasteiger partial charge is 0.260 e. The molecule has 0 saturated heterocycles. The van der Waals surface area contributed by atoms with E-state index in [0.29, 0.717) is 6.54 Å². The highest BCUT2D eigenvalue weighted by atomic mass is 16.5. The number of nitrogens with one attached hydrogen (secondary N) is 1. The van der Waals surface area contributed by atoms with Gasteiger partial charge in [0.05, 0.1) is 0 Å². The Labute approximate surface area is 145 Å². The molecule has 128 valence electrons. The van der Waals surface area contributed by atoms with Crippen molar-refractivity contribution in [2.75, 3.05) is 6.54 Å². The summed E-state index contributed by atoms with van der Waals surface area (Å²) in [6, 6.07) is 14.5. The van der Waals surface area contributed by atoms with Crippen molar-refractivity contribution in [1.82, 2.24) is 5.32 Å². The molecule has 0 aliphatic carbocycles. The molecule has 24 heavy (non-hydrogen) atoms. The zero-order valence-corrected chi connectivity index (χ0v) is 15.1. The molecule has 0 bridgehead atoms. The summed E-state index contributed by atoms with van der Waals surface area (Å²) in [6.07, 6.45) is 1.39. The van der Waals surface area contributed by atoms with Crippen LogP contribution in [0.2, 0.25) is 0 Å². The van der Waals surface area contributed by atoms with Gasteiger partial charge in [-0.25, -0.2) is 0 Å². The molecule has 3 nitrogen and oxygen atoms in total. The number of hydrogen-bond donors (Lipinski definition) is 1. The van der Waals surface area contributed by atoms with Crippen LogP contribution in [0.1, 0.15) is 35.6 Å². The van der Waals surface area contributed by atoms with Crippen molar-refractivity contribution in [3.05, 3.63) is 64.7 Å². The van der Waals surface area contributed by atoms with Crippen LogP contribution in [0.25, 0.3) is 0 Å². The van der Waals surface area contributed by atoms with Crippen molar-refractivity contribution in [2.24, 2.45) is 0 Å². The van der Waals surface area contributed by atoms with E-state index >= 15 is 0 Å². The van der Waals surface area contributed by atoms with Crippen LogP contribution < -0.4 is 10.1 Å². The quantitative estimate of drug-likeness (QED) is 0.777. The summed E-state index contributed by atoms with van der Waals surface area (Å²) >= 11 is 0. The van der Waals surface area contributed by atoms with E-state index in [9.17, 15) is 4.79 Å². The SMILES string of the molecule is Cc1ccc(CCCNC(=O)[C@@H](C)Oc2cc(C)ccc2C)cc1. The van der Waals surface area contributed by atoms with Crippen LogP contribution in [-0.4, -0.2) is 18.6 Å². The highest BCUT2D eigenvalue weighted by Gasteiger charge is 2.15. The highest BCUT2D eigenvalue weighted by molar-refractivity contribution is 5.80. The number of ether oxygens (including phenoxy) is 1. The van der Waals surface area contributed by atoms with Gasteiger partial charge in [-0.2, -0.15) is 0 Å². The van der Waals surface area contributed by atoms with Gasteiger partial charge in [-0.1, -0.05) is 42.0 Å². The number of hydrogen-bond acceptors (Lipinski definition) is 2. The molecule has 3 heteroatoms. The summed E-state index contributed by atoms with van der Waals surface area (Å²) in [6.45, 7) is 8.54. The summed E-state index contributed by atoms with van der Waals surface area (Å²) in [5.41, 5.74) is 4.74. The largest absolute Gasteiger partial charge is 0.481 e. The van der Waals surface area contributed by atoms with Gasteiger partial charge in [-0.15, -0.1) is 0 Å². The minimum absolute atomic E-state index is 0.0696. The zero-order chi connectivity index (χ0) is 17.5. The van der Waals surface area contributed by atoms with E-state index in [0.717, 1.165) is 29.7 Å². The fourth-order valence-electron chi connectivity index (χ4n) is 2.48. The molecule has 0 aromatic heterocycles. The van der Waals surface area contributed by atoms with E-state index in [2.05, 4.69) is 36.5 Å². The molecule has 1 atom stereocenters. The molecule has 0 aliphatic heterocycles. The molecule has 1 N–H and O–H groups in total. The predicted molar refractivity (Wildman–Crippen MR) is 98.5 cm³/mol. The number of benzene rings is 2. The standard InChI is InChI=1S/C21H27NO2/c1-15-8-11-19(12-9-15)6-5-13-22-21(23)18(4)24-20-14-16(2)7-10-17(20)3/h7-12,14,18H,5-6,13H2,1-4H3,(H,22,23)/t18-/m1/s1. The van der Waals surface area contributed by atoms with Gasteiger partial charge in [0, 0.05) is 6.54 Å². The second kappa shape index (κ2) is 8.53. The van der Waals surface area contributed by atoms with E-state index in [1.54, 1.807) is 6.92 Å². The lowest BCUT2D eigenvalue weighted by Gasteiger charge is -2.16. The van der Waals surface area contributed by atoms with Gasteiger partial charge in [0.1, 0.15) is 5.75 Å². The van der Waals surface area contributed by atoms with E-state index < -0.39 is 6.10 Å². The van der Waals surface area contributed by atoms with Crippen molar-refractivity contribution < 1.29 is 9.53 Å². The average Bonchev–Trinajstić information content (AvgIpc) is 2.56. The Morgan fingerprint density at radius 2 is 1.71 bits per heavy atom. The molecule has 0 unspecified atom stereocenters. The Morgan fingerprint density at radius 1 is 1.04 bits per heavy atom. The van der Waals surface area contributed by atoms with E-state index in [1.807, 2.05) is 32.0 Å². The lowest BCUT2D eigenvalue weighted by molar-refractivity contribution is -0.127. The molecule has 2 rings (SSSR count). The molecular formula is C21H27NO2. The van der Waals surface area contributed by atoms with Crippen molar-refractivity contribution in [2.45, 2.75) is 46.6 Å². The molecule has 2 aromatic carbocycles. The topological polar surface area (TPSA) is 38.3 Å². The number of rotatable bonds is 7. The van der Waals surface area contributed by atoms with E-state index in [4.69, 9.17) is 4.74 Å². The summed E-state index contributed by atoms with van der Waals surface area (Å²) in [5, 5.41) is 2.95. The molecule has 0 saturated carbocycles. The summed E-state index contributed by atoms with van der Waals surface area (Å²) < 4.78 is 5.80. The fourth-order valence-corrected chi connectivity index (χ4v) is 2.48. The van der Waals surface area contributed by atoms with Crippen molar-refractivity contribution in [3.63, 3.8) is 0 Å². The molecule has 0 heterocycles. The number of carbonyl (C=O) groups is 1. The van der Waals surface area contributed by atoms with Gasteiger partial charge in [-0.05, 0) is 63.3 Å². The average molecular weight is 325 g/mol. The summed E-state index contributed by atoms with van der Waals surface area (Å²) in [4.78, 5) is 12.2. The Hall–Kier alpha value is -2.29. The van der Waals surface area contributed by atoms with Crippen molar-refractivity contribution in [3.8, 4) is 5.75 Å². The van der Waals surface area contributed by atoms with Gasteiger partial charge in [0.2, 0.25) is 0 Å². The van der Waals surface area contributed by atoms with Gasteiger partial charge in [0.25, 0.3) is 5.91 Å². The third-order valence-electron chi connectivity index (χ3n) is 4.08. The molecule has 0 aliphatic rings. The van der Waals surface area contributed by atoms with Crippen LogP contribution in [0.4, 0.5) is 0 Å². The fraction of sp³-hybridized carbons (Fsp3) is 0.381. The first-order valence-electron chi connectivity index (χ1n) is 8.53. The number of aryl methyl sites for hydroxylation is 4. The van der Waals surface area contributed by atoms with Crippen molar-refractivity contribution in [1.29, 1.82) is 0 Å². The van der Waals surface area contributed by atoms with Crippen LogP contribution >= 0.6 is 0 Å². The molecule has 2 aromatic rings. The first-order valence-corrected chi connectivity index (χ1v) is 8.53. The minimum Gasteiger partial charge on any atom is -0.481 e. The lowest BCUT2D eigenvalue weighted by atomic mass is 10.1. The van der Waals surface area contributed by atoms with Gasteiger partial charge in [0.15, 0.2) is 6.10 Å². The number of amides is 1. The first kappa shape index (κ1) is 18.1. The summed E-state index contributed by atoms with van der Waals surface area (Å²) in [5.74, 6) is 0.706. The molecule has 0 fully saturated rings. The second-order valence-electron chi connectivity index (χ2n) is 6.41. The summed E-state index contributed by atoms with van der Waals surface area (Å²) in [7, 11) is 0. The molecule has 0 radical (unpaired) electrons. The Bertz CT molecular complexity index is 677. The Balaban J connectivity index is 1.75. The van der Waals surface area contributed by atoms with Gasteiger partial charge < -0.3 is 10.1 Å². The molecule has 0 spiro atoms. The van der Waals surface area contributed by atoms with Crippen LogP contribution in [-0.2, 0) is 11.2 Å².